The van der Waals surface area contributed by atoms with Gasteiger partial charge in [0.15, 0.2) is 0 Å². The Bertz CT molecular complexity index is 590. The first kappa shape index (κ1) is 14.4. The van der Waals surface area contributed by atoms with Gasteiger partial charge in [-0.2, -0.15) is 0 Å². The number of nitrogens with zero attached hydrogens (tertiary/aromatic N) is 3. The third-order valence-electron chi connectivity index (χ3n) is 3.32. The standard InChI is InChI=1S/C12H12ClN3O4/c1-2-7-5-9(17)15(6-7)12(18)8-3-4-14-11(13)10(8)16(19)20/h3-4,7H,2,5-6H2,1H3. The summed E-state index contributed by atoms with van der Waals surface area (Å²) in [6, 6.07) is 1.21. The average molecular weight is 298 g/mol. The minimum atomic E-state index is -0.763. The van der Waals surface area contributed by atoms with Gasteiger partial charge in [0.25, 0.3) is 5.91 Å². The van der Waals surface area contributed by atoms with E-state index in [1.807, 2.05) is 6.92 Å². The van der Waals surface area contributed by atoms with E-state index in [2.05, 4.69) is 4.98 Å². The van der Waals surface area contributed by atoms with E-state index in [0.717, 1.165) is 11.3 Å². The minimum absolute atomic E-state index is 0.0998. The number of hydrogen-bond donors (Lipinski definition) is 0. The normalized spacial score (nSPS) is 18.4. The maximum Gasteiger partial charge on any atom is 0.319 e. The van der Waals surface area contributed by atoms with E-state index in [1.54, 1.807) is 0 Å². The van der Waals surface area contributed by atoms with Crippen LogP contribution in [0.2, 0.25) is 5.15 Å². The number of imide groups is 1. The van der Waals surface area contributed by atoms with Crippen molar-refractivity contribution in [2.45, 2.75) is 19.8 Å². The molecule has 0 saturated carbocycles. The molecule has 1 atom stereocenters. The third kappa shape index (κ3) is 2.49. The van der Waals surface area contributed by atoms with Crippen LogP contribution in [-0.2, 0) is 4.79 Å². The van der Waals surface area contributed by atoms with E-state index in [1.165, 1.54) is 12.3 Å². The summed E-state index contributed by atoms with van der Waals surface area (Å²) in [7, 11) is 0. The van der Waals surface area contributed by atoms with Crippen molar-refractivity contribution in [2.24, 2.45) is 5.92 Å². The molecule has 8 heteroatoms. The monoisotopic (exact) mass is 297 g/mol. The van der Waals surface area contributed by atoms with E-state index in [-0.39, 0.29) is 35.5 Å². The predicted molar refractivity (Wildman–Crippen MR) is 70.3 cm³/mol. The van der Waals surface area contributed by atoms with Gasteiger partial charge in [-0.05, 0) is 12.0 Å². The molecular weight excluding hydrogens is 286 g/mol. The Balaban J connectivity index is 2.38. The highest BCUT2D eigenvalue weighted by atomic mass is 35.5. The van der Waals surface area contributed by atoms with Gasteiger partial charge in [-0.1, -0.05) is 24.9 Å². The van der Waals surface area contributed by atoms with E-state index < -0.39 is 16.5 Å². The van der Waals surface area contributed by atoms with Crippen LogP contribution in [-0.4, -0.2) is 33.2 Å². The largest absolute Gasteiger partial charge is 0.319 e. The number of rotatable bonds is 3. The fraction of sp³-hybridized carbons (Fsp3) is 0.417. The summed E-state index contributed by atoms with van der Waals surface area (Å²) in [5.74, 6) is -0.908. The van der Waals surface area contributed by atoms with Crippen LogP contribution in [0.3, 0.4) is 0 Å². The van der Waals surface area contributed by atoms with Gasteiger partial charge < -0.3 is 0 Å². The summed E-state index contributed by atoms with van der Waals surface area (Å²) in [4.78, 5) is 39.0. The van der Waals surface area contributed by atoms with Crippen molar-refractivity contribution < 1.29 is 14.5 Å². The molecular formula is C12H12ClN3O4. The number of nitro groups is 1. The second-order valence-electron chi connectivity index (χ2n) is 4.54. The van der Waals surface area contributed by atoms with Crippen molar-refractivity contribution in [3.05, 3.63) is 33.1 Å². The zero-order valence-electron chi connectivity index (χ0n) is 10.7. The quantitative estimate of drug-likeness (QED) is 0.368. The van der Waals surface area contributed by atoms with Crippen molar-refractivity contribution in [1.82, 2.24) is 9.88 Å². The van der Waals surface area contributed by atoms with E-state index in [0.29, 0.717) is 0 Å². The fourth-order valence-corrected chi connectivity index (χ4v) is 2.40. The number of carbonyl (C=O) groups excluding carboxylic acids is 2. The fourth-order valence-electron chi connectivity index (χ4n) is 2.17. The first-order chi connectivity index (χ1) is 9.45. The highest BCUT2D eigenvalue weighted by Gasteiger charge is 2.36. The van der Waals surface area contributed by atoms with Crippen LogP contribution < -0.4 is 0 Å². The highest BCUT2D eigenvalue weighted by molar-refractivity contribution is 6.32. The van der Waals surface area contributed by atoms with Crippen LogP contribution in [0.25, 0.3) is 0 Å². The summed E-state index contributed by atoms with van der Waals surface area (Å²) in [5, 5.41) is 10.6. The summed E-state index contributed by atoms with van der Waals surface area (Å²) in [6.07, 6.45) is 2.27. The molecule has 2 rings (SSSR count). The molecule has 0 N–H and O–H groups in total. The second-order valence-corrected chi connectivity index (χ2v) is 4.90. The second kappa shape index (κ2) is 5.54. The Morgan fingerprint density at radius 3 is 2.90 bits per heavy atom. The minimum Gasteiger partial charge on any atom is -0.278 e. The summed E-state index contributed by atoms with van der Waals surface area (Å²) in [5.41, 5.74) is -0.771. The molecule has 1 aromatic heterocycles. The SMILES string of the molecule is CCC1CC(=O)N(C(=O)c2ccnc(Cl)c2[N+](=O)[O-])C1. The number of hydrogen-bond acceptors (Lipinski definition) is 5. The van der Waals surface area contributed by atoms with Gasteiger partial charge in [0.05, 0.1) is 4.92 Å². The van der Waals surface area contributed by atoms with Crippen molar-refractivity contribution in [3.63, 3.8) is 0 Å². The lowest BCUT2D eigenvalue weighted by molar-refractivity contribution is -0.385. The molecule has 1 aromatic rings. The Kier molecular flexibility index (Phi) is 3.99. The van der Waals surface area contributed by atoms with Gasteiger partial charge in [0.2, 0.25) is 11.1 Å². The molecule has 1 unspecified atom stereocenters. The van der Waals surface area contributed by atoms with Gasteiger partial charge in [-0.25, -0.2) is 4.98 Å². The third-order valence-corrected chi connectivity index (χ3v) is 3.60. The number of likely N-dealkylation sites (tertiary alicyclic amines) is 1. The van der Waals surface area contributed by atoms with Gasteiger partial charge in [-0.3, -0.25) is 24.6 Å². The zero-order valence-corrected chi connectivity index (χ0v) is 11.5. The summed E-state index contributed by atoms with van der Waals surface area (Å²) >= 11 is 5.66. The van der Waals surface area contributed by atoms with Crippen molar-refractivity contribution in [2.75, 3.05) is 6.54 Å². The van der Waals surface area contributed by atoms with Crippen molar-refractivity contribution in [1.29, 1.82) is 0 Å². The van der Waals surface area contributed by atoms with Crippen molar-refractivity contribution >= 4 is 29.1 Å². The first-order valence-corrected chi connectivity index (χ1v) is 6.47. The topological polar surface area (TPSA) is 93.4 Å². The molecule has 0 spiro atoms. The van der Waals surface area contributed by atoms with E-state index >= 15 is 0 Å². The Hall–Kier alpha value is -2.02. The van der Waals surface area contributed by atoms with Crippen LogP contribution >= 0.6 is 11.6 Å². The lowest BCUT2D eigenvalue weighted by Gasteiger charge is -2.14. The van der Waals surface area contributed by atoms with Crippen LogP contribution in [0.15, 0.2) is 12.3 Å². The summed E-state index contributed by atoms with van der Waals surface area (Å²) < 4.78 is 0. The molecule has 1 saturated heterocycles. The number of halogens is 1. The molecule has 1 fully saturated rings. The van der Waals surface area contributed by atoms with Gasteiger partial charge in [-0.15, -0.1) is 0 Å². The van der Waals surface area contributed by atoms with Gasteiger partial charge >= 0.3 is 5.69 Å². The molecule has 0 aliphatic carbocycles. The van der Waals surface area contributed by atoms with E-state index in [9.17, 15) is 19.7 Å². The molecule has 1 aliphatic heterocycles. The molecule has 20 heavy (non-hydrogen) atoms. The zero-order chi connectivity index (χ0) is 14.9. The average Bonchev–Trinajstić information content (AvgIpc) is 2.78. The number of aromatic nitrogens is 1. The Labute approximate surface area is 119 Å². The van der Waals surface area contributed by atoms with Crippen molar-refractivity contribution in [3.8, 4) is 0 Å². The molecule has 106 valence electrons. The highest BCUT2D eigenvalue weighted by Crippen LogP contribution is 2.29. The summed E-state index contributed by atoms with van der Waals surface area (Å²) in [6.45, 7) is 2.21. The Morgan fingerprint density at radius 2 is 2.35 bits per heavy atom. The molecule has 0 bridgehead atoms. The molecule has 0 radical (unpaired) electrons. The number of pyridine rings is 1. The maximum atomic E-state index is 12.3. The van der Waals surface area contributed by atoms with Gasteiger partial charge in [0, 0.05) is 19.2 Å². The predicted octanol–water partition coefficient (Wildman–Crippen LogP) is 2.04. The lowest BCUT2D eigenvalue weighted by atomic mass is 10.1. The lowest BCUT2D eigenvalue weighted by Crippen LogP contribution is -2.33. The smallest absolute Gasteiger partial charge is 0.278 e. The van der Waals surface area contributed by atoms with Crippen LogP contribution in [0, 0.1) is 16.0 Å². The van der Waals surface area contributed by atoms with Crippen LogP contribution in [0.5, 0.6) is 0 Å². The molecule has 1 aliphatic rings. The van der Waals surface area contributed by atoms with Crippen LogP contribution in [0.1, 0.15) is 30.1 Å². The van der Waals surface area contributed by atoms with Crippen LogP contribution in [0.4, 0.5) is 5.69 Å². The molecule has 2 amide bonds. The molecule has 0 aromatic carbocycles. The Morgan fingerprint density at radius 1 is 1.65 bits per heavy atom. The van der Waals surface area contributed by atoms with Gasteiger partial charge in [0.1, 0.15) is 5.56 Å². The maximum absolute atomic E-state index is 12.3. The number of amides is 2. The number of carbonyl (C=O) groups is 2. The molecule has 2 heterocycles. The first-order valence-electron chi connectivity index (χ1n) is 6.09. The van der Waals surface area contributed by atoms with E-state index in [4.69, 9.17) is 11.6 Å². The molecule has 7 nitrogen and oxygen atoms in total.